The third-order valence-electron chi connectivity index (χ3n) is 4.39. The van der Waals surface area contributed by atoms with Crippen LogP contribution in [0.3, 0.4) is 0 Å². The maximum Gasteiger partial charge on any atom is 0.262 e. The lowest BCUT2D eigenvalue weighted by Crippen LogP contribution is -2.36. The normalized spacial score (nSPS) is 14.6. The third-order valence-corrected chi connectivity index (χ3v) is 4.39. The summed E-state index contributed by atoms with van der Waals surface area (Å²) in [4.78, 5) is 23.6. The maximum absolute atomic E-state index is 12.6. The van der Waals surface area contributed by atoms with Crippen LogP contribution in [0, 0.1) is 13.8 Å². The van der Waals surface area contributed by atoms with E-state index in [1.807, 2.05) is 26.0 Å². The van der Waals surface area contributed by atoms with E-state index in [2.05, 4.69) is 25.3 Å². The van der Waals surface area contributed by atoms with Crippen molar-refractivity contribution in [3.63, 3.8) is 0 Å². The van der Waals surface area contributed by atoms with Crippen molar-refractivity contribution in [2.75, 3.05) is 36.5 Å². The number of nitrogens with zero attached hydrogens (tertiary/aromatic N) is 5. The number of hydrogen-bond acceptors (Lipinski definition) is 6. The van der Waals surface area contributed by atoms with Crippen LogP contribution in [0.15, 0.2) is 30.6 Å². The van der Waals surface area contributed by atoms with Crippen LogP contribution in [0.1, 0.15) is 21.7 Å². The molecule has 1 N–H and O–H groups in total. The summed E-state index contributed by atoms with van der Waals surface area (Å²) in [7, 11) is 0. The number of aromatic nitrogens is 4. The van der Waals surface area contributed by atoms with Crippen LogP contribution in [-0.4, -0.2) is 51.8 Å². The Morgan fingerprint density at radius 3 is 2.73 bits per heavy atom. The Labute approximate surface area is 150 Å². The van der Waals surface area contributed by atoms with E-state index in [9.17, 15) is 4.79 Å². The van der Waals surface area contributed by atoms with E-state index in [1.165, 1.54) is 6.20 Å². The van der Waals surface area contributed by atoms with E-state index >= 15 is 0 Å². The Balaban J connectivity index is 1.53. The van der Waals surface area contributed by atoms with Gasteiger partial charge in [-0.3, -0.25) is 4.79 Å². The van der Waals surface area contributed by atoms with E-state index < -0.39 is 0 Å². The van der Waals surface area contributed by atoms with Gasteiger partial charge >= 0.3 is 0 Å². The molecule has 1 fully saturated rings. The summed E-state index contributed by atoms with van der Waals surface area (Å²) >= 11 is 0. The number of pyridine rings is 1. The van der Waals surface area contributed by atoms with E-state index in [1.54, 1.807) is 16.8 Å². The number of rotatable bonds is 3. The van der Waals surface area contributed by atoms with Gasteiger partial charge in [0.2, 0.25) is 0 Å². The molecule has 0 aliphatic carbocycles. The Bertz CT molecular complexity index is 944. The lowest BCUT2D eigenvalue weighted by Gasteiger charge is -2.28. The molecule has 4 heterocycles. The van der Waals surface area contributed by atoms with Crippen molar-refractivity contribution in [2.24, 2.45) is 0 Å². The van der Waals surface area contributed by atoms with Crippen LogP contribution in [0.4, 0.5) is 11.5 Å². The molecule has 4 rings (SSSR count). The van der Waals surface area contributed by atoms with Crippen LogP contribution in [0.5, 0.6) is 0 Å². The molecule has 3 aromatic rings. The number of aryl methyl sites for hydroxylation is 2. The highest BCUT2D eigenvalue weighted by molar-refractivity contribution is 6.07. The summed E-state index contributed by atoms with van der Waals surface area (Å²) in [5.41, 5.74) is 3.77. The fraction of sp³-hybridized carbons (Fsp3) is 0.333. The van der Waals surface area contributed by atoms with E-state index in [4.69, 9.17) is 4.74 Å². The van der Waals surface area contributed by atoms with E-state index in [-0.39, 0.29) is 5.91 Å². The predicted octanol–water partition coefficient (Wildman–Crippen LogP) is 1.83. The molecule has 1 saturated heterocycles. The first-order valence-corrected chi connectivity index (χ1v) is 8.54. The lowest BCUT2D eigenvalue weighted by atomic mass is 10.3. The molecule has 8 nitrogen and oxygen atoms in total. The number of carbonyl (C=O) groups excluding carboxylic acids is 1. The zero-order chi connectivity index (χ0) is 18.1. The number of nitrogens with one attached hydrogen (secondary N) is 1. The fourth-order valence-electron chi connectivity index (χ4n) is 3.08. The topological polar surface area (TPSA) is 84.7 Å². The Hall–Kier alpha value is -3.00. The smallest absolute Gasteiger partial charge is 0.262 e. The summed E-state index contributed by atoms with van der Waals surface area (Å²) < 4.78 is 7.02. The van der Waals surface area contributed by atoms with E-state index in [0.29, 0.717) is 17.0 Å². The highest BCUT2D eigenvalue weighted by Crippen LogP contribution is 2.18. The van der Waals surface area contributed by atoms with Crippen LogP contribution in [-0.2, 0) is 4.74 Å². The summed E-state index contributed by atoms with van der Waals surface area (Å²) in [6.07, 6.45) is 3.30. The Morgan fingerprint density at radius 2 is 2.00 bits per heavy atom. The number of morpholine rings is 1. The first-order valence-electron chi connectivity index (χ1n) is 8.54. The van der Waals surface area contributed by atoms with Crippen molar-refractivity contribution in [3.8, 4) is 0 Å². The molecular weight excluding hydrogens is 332 g/mol. The fourth-order valence-corrected chi connectivity index (χ4v) is 3.08. The zero-order valence-electron chi connectivity index (χ0n) is 14.8. The molecule has 1 amide bonds. The SMILES string of the molecule is Cc1cc(C)n2ncc(C(=O)Nc3ccc(N4CCOCC4)cn3)c2n1. The van der Waals surface area contributed by atoms with Gasteiger partial charge in [-0.25, -0.2) is 14.5 Å². The summed E-state index contributed by atoms with van der Waals surface area (Å²) in [5.74, 6) is 0.222. The average molecular weight is 352 g/mol. The van der Waals surface area contributed by atoms with Crippen molar-refractivity contribution in [3.05, 3.63) is 47.5 Å². The molecule has 0 aromatic carbocycles. The van der Waals surface area contributed by atoms with Crippen molar-refractivity contribution in [2.45, 2.75) is 13.8 Å². The molecule has 0 bridgehead atoms. The molecule has 8 heteroatoms. The molecule has 0 unspecified atom stereocenters. The standard InChI is InChI=1S/C18H20N6O2/c1-12-9-13(2)24-17(21-12)15(11-20-24)18(25)22-16-4-3-14(10-19-16)23-5-7-26-8-6-23/h3-4,9-11H,5-8H2,1-2H3,(H,19,22,25). The largest absolute Gasteiger partial charge is 0.378 e. The van der Waals surface area contributed by atoms with Crippen LogP contribution in [0.25, 0.3) is 5.65 Å². The molecule has 134 valence electrons. The molecule has 0 saturated carbocycles. The average Bonchev–Trinajstić information content (AvgIpc) is 3.07. The lowest BCUT2D eigenvalue weighted by molar-refractivity contribution is 0.102. The second-order valence-electron chi connectivity index (χ2n) is 6.29. The van der Waals surface area contributed by atoms with Gasteiger partial charge in [-0.15, -0.1) is 0 Å². The molecule has 0 spiro atoms. The second kappa shape index (κ2) is 6.72. The first kappa shape index (κ1) is 16.5. The predicted molar refractivity (Wildman–Crippen MR) is 97.7 cm³/mol. The molecule has 26 heavy (non-hydrogen) atoms. The van der Waals surface area contributed by atoms with Crippen molar-refractivity contribution < 1.29 is 9.53 Å². The highest BCUT2D eigenvalue weighted by atomic mass is 16.5. The zero-order valence-corrected chi connectivity index (χ0v) is 14.8. The second-order valence-corrected chi connectivity index (χ2v) is 6.29. The maximum atomic E-state index is 12.6. The van der Waals surface area contributed by atoms with Gasteiger partial charge < -0.3 is 15.0 Å². The van der Waals surface area contributed by atoms with Crippen molar-refractivity contribution >= 4 is 23.1 Å². The van der Waals surface area contributed by atoms with Crippen LogP contribution >= 0.6 is 0 Å². The molecule has 1 aliphatic heterocycles. The molecule has 0 atom stereocenters. The number of anilines is 2. The van der Waals surface area contributed by atoms with E-state index in [0.717, 1.165) is 43.4 Å². The quantitative estimate of drug-likeness (QED) is 0.774. The molecule has 1 aliphatic rings. The number of carbonyl (C=O) groups is 1. The van der Waals surface area contributed by atoms with Gasteiger partial charge in [0, 0.05) is 24.5 Å². The summed E-state index contributed by atoms with van der Waals surface area (Å²) in [6.45, 7) is 6.97. The highest BCUT2D eigenvalue weighted by Gasteiger charge is 2.17. The minimum Gasteiger partial charge on any atom is -0.378 e. The number of ether oxygens (including phenoxy) is 1. The number of hydrogen-bond donors (Lipinski definition) is 1. The van der Waals surface area contributed by atoms with Crippen LogP contribution in [0.2, 0.25) is 0 Å². The van der Waals surface area contributed by atoms with Gasteiger partial charge in [0.1, 0.15) is 11.4 Å². The number of fused-ring (bicyclic) bond motifs is 1. The van der Waals surface area contributed by atoms with Crippen molar-refractivity contribution in [1.29, 1.82) is 0 Å². The third kappa shape index (κ3) is 3.11. The minimum atomic E-state index is -0.274. The molecular formula is C18H20N6O2. The summed E-state index contributed by atoms with van der Waals surface area (Å²) in [6, 6.07) is 5.68. The monoisotopic (exact) mass is 352 g/mol. The Morgan fingerprint density at radius 1 is 1.19 bits per heavy atom. The van der Waals surface area contributed by atoms with Crippen molar-refractivity contribution in [1.82, 2.24) is 19.6 Å². The number of amides is 1. The molecule has 0 radical (unpaired) electrons. The van der Waals surface area contributed by atoms with Gasteiger partial charge in [-0.05, 0) is 32.0 Å². The first-order chi connectivity index (χ1) is 12.6. The van der Waals surface area contributed by atoms with Gasteiger partial charge in [0.05, 0.1) is 31.3 Å². The summed E-state index contributed by atoms with van der Waals surface area (Å²) in [5, 5.41) is 7.07. The minimum absolute atomic E-state index is 0.274. The van der Waals surface area contributed by atoms with Gasteiger partial charge in [0.15, 0.2) is 5.65 Å². The van der Waals surface area contributed by atoms with Gasteiger partial charge in [-0.2, -0.15) is 5.10 Å². The van der Waals surface area contributed by atoms with Gasteiger partial charge in [0.25, 0.3) is 5.91 Å². The molecule has 3 aromatic heterocycles. The Kier molecular flexibility index (Phi) is 4.26. The van der Waals surface area contributed by atoms with Gasteiger partial charge in [-0.1, -0.05) is 0 Å². The van der Waals surface area contributed by atoms with Crippen LogP contribution < -0.4 is 10.2 Å².